The fraction of sp³-hybridized carbons (Fsp3) is 0.286. The van der Waals surface area contributed by atoms with E-state index in [0.717, 1.165) is 6.42 Å². The predicted molar refractivity (Wildman–Crippen MR) is 110 cm³/mol. The largest absolute Gasteiger partial charge is 0.490 e. The average Bonchev–Trinajstić information content (AvgIpc) is 2.68. The minimum atomic E-state index is -0.482. The quantitative estimate of drug-likeness (QED) is 0.239. The van der Waals surface area contributed by atoms with Crippen molar-refractivity contribution in [1.29, 1.82) is 5.26 Å². The number of benzene rings is 2. The lowest BCUT2D eigenvalue weighted by atomic mass is 10.0. The van der Waals surface area contributed by atoms with Crippen molar-refractivity contribution in [1.82, 2.24) is 0 Å². The number of nitro benzene ring substituents is 1. The van der Waals surface area contributed by atoms with Gasteiger partial charge < -0.3 is 9.47 Å². The molecule has 1 atom stereocenters. The van der Waals surface area contributed by atoms with Crippen molar-refractivity contribution in [3.8, 4) is 17.6 Å². The average molecular weight is 401 g/mol. The van der Waals surface area contributed by atoms with Crippen molar-refractivity contribution in [3.63, 3.8) is 0 Å². The summed E-state index contributed by atoms with van der Waals surface area (Å²) in [5.74, 6) is 0.978. The molecule has 0 bridgehead atoms. The molecule has 28 heavy (non-hydrogen) atoms. The summed E-state index contributed by atoms with van der Waals surface area (Å²) >= 11 is 6.41. The van der Waals surface area contributed by atoms with Crippen LogP contribution >= 0.6 is 11.6 Å². The maximum Gasteiger partial charge on any atom is 0.269 e. The highest BCUT2D eigenvalue weighted by Crippen LogP contribution is 2.38. The zero-order valence-corrected chi connectivity index (χ0v) is 16.7. The second kappa shape index (κ2) is 9.77. The minimum absolute atomic E-state index is 0.0205. The van der Waals surface area contributed by atoms with E-state index in [-0.39, 0.29) is 11.8 Å². The molecule has 7 heteroatoms. The molecule has 0 saturated carbocycles. The van der Waals surface area contributed by atoms with Crippen LogP contribution in [0.15, 0.2) is 36.4 Å². The minimum Gasteiger partial charge on any atom is -0.490 e. The second-order valence-electron chi connectivity index (χ2n) is 6.07. The number of non-ortho nitro benzene ring substituents is 1. The molecule has 0 radical (unpaired) electrons. The van der Waals surface area contributed by atoms with Gasteiger partial charge in [-0.05, 0) is 61.7 Å². The van der Waals surface area contributed by atoms with Crippen LogP contribution in [0.4, 0.5) is 5.69 Å². The van der Waals surface area contributed by atoms with Crippen LogP contribution in [0.2, 0.25) is 5.02 Å². The molecule has 0 heterocycles. The number of nitrogens with zero attached hydrogens (tertiary/aromatic N) is 2. The molecule has 0 aliphatic carbocycles. The Bertz CT molecular complexity index is 917. The topological polar surface area (TPSA) is 85.4 Å². The summed E-state index contributed by atoms with van der Waals surface area (Å²) in [5.41, 5.74) is 1.56. The summed E-state index contributed by atoms with van der Waals surface area (Å²) < 4.78 is 11.5. The van der Waals surface area contributed by atoms with Gasteiger partial charge in [-0.2, -0.15) is 5.26 Å². The first-order valence-electron chi connectivity index (χ1n) is 8.89. The fourth-order valence-corrected chi connectivity index (χ4v) is 2.71. The number of nitriles is 1. The summed E-state index contributed by atoms with van der Waals surface area (Å²) in [5, 5.41) is 20.7. The fourth-order valence-electron chi connectivity index (χ4n) is 2.44. The highest BCUT2D eigenvalue weighted by Gasteiger charge is 2.15. The highest BCUT2D eigenvalue weighted by atomic mass is 35.5. The highest BCUT2D eigenvalue weighted by molar-refractivity contribution is 6.32. The van der Waals surface area contributed by atoms with Gasteiger partial charge in [0.1, 0.15) is 0 Å². The Balaban J connectivity index is 2.44. The van der Waals surface area contributed by atoms with Gasteiger partial charge in [-0.15, -0.1) is 0 Å². The van der Waals surface area contributed by atoms with Crippen LogP contribution in [0.3, 0.4) is 0 Å². The van der Waals surface area contributed by atoms with E-state index in [0.29, 0.717) is 39.8 Å². The molecule has 0 amide bonds. The van der Waals surface area contributed by atoms with Gasteiger partial charge in [0.05, 0.1) is 34.3 Å². The van der Waals surface area contributed by atoms with Crippen LogP contribution in [-0.4, -0.2) is 17.6 Å². The monoisotopic (exact) mass is 400 g/mol. The van der Waals surface area contributed by atoms with Gasteiger partial charge in [-0.1, -0.05) is 18.5 Å². The van der Waals surface area contributed by atoms with Crippen LogP contribution in [0.5, 0.6) is 11.5 Å². The first-order chi connectivity index (χ1) is 13.4. The molecular formula is C21H21ClN2O4. The third-order valence-electron chi connectivity index (χ3n) is 4.05. The maximum absolute atomic E-state index is 10.8. The van der Waals surface area contributed by atoms with Crippen molar-refractivity contribution < 1.29 is 14.4 Å². The molecule has 0 fully saturated rings. The zero-order chi connectivity index (χ0) is 20.7. The van der Waals surface area contributed by atoms with E-state index in [1.165, 1.54) is 12.1 Å². The van der Waals surface area contributed by atoms with E-state index >= 15 is 0 Å². The summed E-state index contributed by atoms with van der Waals surface area (Å²) in [4.78, 5) is 10.3. The SMILES string of the molecule is CCOc1cc(/C=C(/C#N)c2ccc([N+](=O)[O-])cc2)cc(Cl)c1O[C@H](C)CC. The van der Waals surface area contributed by atoms with Crippen molar-refractivity contribution in [2.24, 2.45) is 0 Å². The zero-order valence-electron chi connectivity index (χ0n) is 15.9. The Morgan fingerprint density at radius 2 is 2.00 bits per heavy atom. The normalized spacial score (nSPS) is 12.2. The van der Waals surface area contributed by atoms with Crippen LogP contribution in [0.25, 0.3) is 11.6 Å². The smallest absolute Gasteiger partial charge is 0.269 e. The lowest BCUT2D eigenvalue weighted by molar-refractivity contribution is -0.384. The Morgan fingerprint density at radius 3 is 2.54 bits per heavy atom. The first kappa shape index (κ1) is 21.3. The summed E-state index contributed by atoms with van der Waals surface area (Å²) in [7, 11) is 0. The van der Waals surface area contributed by atoms with Crippen LogP contribution in [-0.2, 0) is 0 Å². The molecule has 0 spiro atoms. The predicted octanol–water partition coefficient (Wildman–Crippen LogP) is 5.89. The maximum atomic E-state index is 10.8. The van der Waals surface area contributed by atoms with Gasteiger partial charge >= 0.3 is 0 Å². The summed E-state index contributed by atoms with van der Waals surface area (Å²) in [6.07, 6.45) is 2.46. The van der Waals surface area contributed by atoms with E-state index in [2.05, 4.69) is 6.07 Å². The number of hydrogen-bond donors (Lipinski definition) is 0. The van der Waals surface area contributed by atoms with Gasteiger partial charge in [0.15, 0.2) is 11.5 Å². The van der Waals surface area contributed by atoms with Crippen LogP contribution < -0.4 is 9.47 Å². The lowest BCUT2D eigenvalue weighted by Gasteiger charge is -2.18. The molecule has 0 unspecified atom stereocenters. The summed E-state index contributed by atoms with van der Waals surface area (Å²) in [6, 6.07) is 11.4. The van der Waals surface area contributed by atoms with E-state index in [9.17, 15) is 15.4 Å². The van der Waals surface area contributed by atoms with Crippen molar-refractivity contribution >= 4 is 28.9 Å². The molecular weight excluding hydrogens is 380 g/mol. The van der Waals surface area contributed by atoms with E-state index < -0.39 is 4.92 Å². The molecule has 0 aliphatic rings. The summed E-state index contributed by atoms with van der Waals surface area (Å²) in [6.45, 7) is 6.26. The van der Waals surface area contributed by atoms with Gasteiger partial charge in [0.25, 0.3) is 5.69 Å². The molecule has 0 N–H and O–H groups in total. The Kier molecular flexibility index (Phi) is 7.42. The molecule has 0 saturated heterocycles. The number of rotatable bonds is 8. The molecule has 2 rings (SSSR count). The second-order valence-corrected chi connectivity index (χ2v) is 6.48. The van der Waals surface area contributed by atoms with Crippen molar-refractivity contribution in [2.75, 3.05) is 6.61 Å². The third kappa shape index (κ3) is 5.24. The Morgan fingerprint density at radius 1 is 1.32 bits per heavy atom. The lowest BCUT2D eigenvalue weighted by Crippen LogP contribution is -2.11. The Labute approximate surface area is 169 Å². The van der Waals surface area contributed by atoms with Gasteiger partial charge in [0.2, 0.25) is 0 Å². The van der Waals surface area contributed by atoms with Gasteiger partial charge in [-0.25, -0.2) is 0 Å². The molecule has 2 aromatic rings. The molecule has 2 aromatic carbocycles. The number of allylic oxidation sites excluding steroid dienone is 1. The van der Waals surface area contributed by atoms with E-state index in [4.69, 9.17) is 21.1 Å². The van der Waals surface area contributed by atoms with Crippen LogP contribution in [0.1, 0.15) is 38.3 Å². The number of ether oxygens (including phenoxy) is 2. The van der Waals surface area contributed by atoms with Crippen molar-refractivity contribution in [2.45, 2.75) is 33.3 Å². The van der Waals surface area contributed by atoms with Crippen LogP contribution in [0, 0.1) is 21.4 Å². The number of halogens is 1. The molecule has 0 aliphatic heterocycles. The molecule has 6 nitrogen and oxygen atoms in total. The Hall–Kier alpha value is -3.04. The van der Waals surface area contributed by atoms with Crippen molar-refractivity contribution in [3.05, 3.63) is 62.7 Å². The third-order valence-corrected chi connectivity index (χ3v) is 4.33. The first-order valence-corrected chi connectivity index (χ1v) is 9.27. The van der Waals surface area contributed by atoms with Gasteiger partial charge in [-0.3, -0.25) is 10.1 Å². The number of hydrogen-bond acceptors (Lipinski definition) is 5. The van der Waals surface area contributed by atoms with Gasteiger partial charge in [0, 0.05) is 12.1 Å². The van der Waals surface area contributed by atoms with E-state index in [1.807, 2.05) is 20.8 Å². The number of nitro groups is 1. The van der Waals surface area contributed by atoms with E-state index in [1.54, 1.807) is 30.3 Å². The standard InChI is InChI=1S/C21H21ClN2O4/c1-4-14(3)28-21-19(22)11-15(12-20(21)27-5-2)10-17(13-23)16-6-8-18(9-7-16)24(25)26/h6-12,14H,4-5H2,1-3H3/b17-10-/t14-/m1/s1. The molecule has 0 aromatic heterocycles. The molecule has 146 valence electrons.